The van der Waals surface area contributed by atoms with Gasteiger partial charge in [0.25, 0.3) is 0 Å². The quantitative estimate of drug-likeness (QED) is 0.185. The van der Waals surface area contributed by atoms with E-state index < -0.39 is 0 Å². The Hall–Kier alpha value is -6.84. The molecule has 0 spiro atoms. The average Bonchev–Trinajstić information content (AvgIpc) is 3.85. The highest BCUT2D eigenvalue weighted by Gasteiger charge is 2.20. The largest absolute Gasteiger partial charge is 0.456 e. The Labute approximate surface area is 294 Å². The van der Waals surface area contributed by atoms with Gasteiger partial charge in [0.1, 0.15) is 11.2 Å². The molecule has 0 atom stereocenters. The van der Waals surface area contributed by atoms with Crippen molar-refractivity contribution in [3.05, 3.63) is 182 Å². The number of hydrogen-bond donors (Lipinski definition) is 0. The van der Waals surface area contributed by atoms with Gasteiger partial charge in [0, 0.05) is 55.4 Å². The molecule has 0 fully saturated rings. The fourth-order valence-electron chi connectivity index (χ4n) is 8.15. The van der Waals surface area contributed by atoms with E-state index in [1.807, 2.05) is 12.1 Å². The van der Waals surface area contributed by atoms with Crippen LogP contribution in [0.1, 0.15) is 0 Å². The molecule has 3 heteroatoms. The normalized spacial score (nSPS) is 11.9. The summed E-state index contributed by atoms with van der Waals surface area (Å²) in [4.78, 5) is 2.32. The topological polar surface area (TPSA) is 20.8 Å². The van der Waals surface area contributed by atoms with Crippen LogP contribution in [0.2, 0.25) is 0 Å². The van der Waals surface area contributed by atoms with Crippen LogP contribution in [0.5, 0.6) is 0 Å². The number of rotatable bonds is 5. The number of benzene rings is 8. The summed E-state index contributed by atoms with van der Waals surface area (Å²) in [6.45, 7) is 0. The second-order valence-corrected chi connectivity index (χ2v) is 13.4. The van der Waals surface area contributed by atoms with Crippen molar-refractivity contribution in [1.82, 2.24) is 4.40 Å². The van der Waals surface area contributed by atoms with E-state index >= 15 is 0 Å². The number of nitrogens with zero attached hydrogens (tertiary/aromatic N) is 2. The van der Waals surface area contributed by atoms with Gasteiger partial charge in [0.2, 0.25) is 0 Å². The molecule has 11 aromatic rings. The smallest absolute Gasteiger partial charge is 0.137 e. The molecule has 0 radical (unpaired) electrons. The van der Waals surface area contributed by atoms with E-state index in [4.69, 9.17) is 4.42 Å². The molecule has 3 aromatic heterocycles. The van der Waals surface area contributed by atoms with Crippen molar-refractivity contribution in [3.63, 3.8) is 0 Å². The van der Waals surface area contributed by atoms with Crippen LogP contribution < -0.4 is 4.90 Å². The maximum Gasteiger partial charge on any atom is 0.137 e. The zero-order chi connectivity index (χ0) is 33.5. The molecule has 3 nitrogen and oxygen atoms in total. The third-order valence-electron chi connectivity index (χ3n) is 10.5. The number of aromatic nitrogens is 1. The van der Waals surface area contributed by atoms with Crippen molar-refractivity contribution in [2.24, 2.45) is 0 Å². The number of para-hydroxylation sites is 3. The Morgan fingerprint density at radius 1 is 0.333 bits per heavy atom. The predicted octanol–water partition coefficient (Wildman–Crippen LogP) is 13.5. The van der Waals surface area contributed by atoms with Crippen molar-refractivity contribution in [3.8, 4) is 22.3 Å². The Morgan fingerprint density at radius 3 is 1.47 bits per heavy atom. The standard InChI is InChI=1S/C48H30N2O/c1-2-10-31(11-3-1)32-18-22-35(23-19-32)49(37-26-27-41-40-14-6-9-17-46(40)51-47(41)30-37)36-24-20-33(21-25-36)34-28-42-38-12-4-7-15-44(38)50-45-16-8-5-13-39(45)43(29-34)48(42)50/h1-30H. The van der Waals surface area contributed by atoms with Crippen LogP contribution >= 0.6 is 0 Å². The molecule has 0 saturated carbocycles. The summed E-state index contributed by atoms with van der Waals surface area (Å²) in [5.74, 6) is 0. The molecule has 0 bridgehead atoms. The molecule has 0 unspecified atom stereocenters. The summed E-state index contributed by atoms with van der Waals surface area (Å²) >= 11 is 0. The number of furan rings is 1. The third kappa shape index (κ3) is 4.25. The van der Waals surface area contributed by atoms with Gasteiger partial charge in [-0.15, -0.1) is 0 Å². The molecule has 3 heterocycles. The fourth-order valence-corrected chi connectivity index (χ4v) is 8.15. The van der Waals surface area contributed by atoms with Gasteiger partial charge >= 0.3 is 0 Å². The molecular formula is C48H30N2O. The van der Waals surface area contributed by atoms with Gasteiger partial charge in [0.05, 0.1) is 16.6 Å². The first-order chi connectivity index (χ1) is 25.3. The second-order valence-electron chi connectivity index (χ2n) is 13.4. The van der Waals surface area contributed by atoms with Crippen LogP contribution in [0.15, 0.2) is 186 Å². The maximum atomic E-state index is 6.35. The summed E-state index contributed by atoms with van der Waals surface area (Å²) < 4.78 is 8.78. The van der Waals surface area contributed by atoms with E-state index in [0.717, 1.165) is 39.0 Å². The van der Waals surface area contributed by atoms with Crippen LogP contribution in [0.25, 0.3) is 82.3 Å². The molecule has 0 amide bonds. The molecule has 0 aliphatic rings. The van der Waals surface area contributed by atoms with Crippen molar-refractivity contribution < 1.29 is 4.42 Å². The first-order valence-corrected chi connectivity index (χ1v) is 17.4. The average molecular weight is 651 g/mol. The van der Waals surface area contributed by atoms with Crippen molar-refractivity contribution in [2.45, 2.75) is 0 Å². The summed E-state index contributed by atoms with van der Waals surface area (Å²) in [6, 6.07) is 65.4. The Balaban J connectivity index is 1.06. The zero-order valence-electron chi connectivity index (χ0n) is 27.6. The van der Waals surface area contributed by atoms with E-state index in [9.17, 15) is 0 Å². The molecule has 0 aliphatic heterocycles. The van der Waals surface area contributed by atoms with Gasteiger partial charge in [0.15, 0.2) is 0 Å². The summed E-state index contributed by atoms with van der Waals surface area (Å²) in [5, 5.41) is 7.40. The lowest BCUT2D eigenvalue weighted by Gasteiger charge is -2.26. The Morgan fingerprint density at radius 2 is 0.824 bits per heavy atom. The van der Waals surface area contributed by atoms with Crippen LogP contribution in [-0.4, -0.2) is 4.40 Å². The van der Waals surface area contributed by atoms with E-state index in [1.165, 1.54) is 60.3 Å². The van der Waals surface area contributed by atoms with Gasteiger partial charge in [-0.3, -0.25) is 0 Å². The van der Waals surface area contributed by atoms with Gasteiger partial charge in [-0.1, -0.05) is 109 Å². The zero-order valence-corrected chi connectivity index (χ0v) is 27.6. The van der Waals surface area contributed by atoms with Crippen LogP contribution in [0.4, 0.5) is 17.1 Å². The van der Waals surface area contributed by atoms with Crippen LogP contribution in [0.3, 0.4) is 0 Å². The lowest BCUT2D eigenvalue weighted by atomic mass is 9.99. The predicted molar refractivity (Wildman–Crippen MR) is 214 cm³/mol. The number of anilines is 3. The highest BCUT2D eigenvalue weighted by atomic mass is 16.3. The molecule has 0 saturated heterocycles. The van der Waals surface area contributed by atoms with Gasteiger partial charge in [-0.25, -0.2) is 0 Å². The monoisotopic (exact) mass is 650 g/mol. The highest BCUT2D eigenvalue weighted by Crippen LogP contribution is 2.43. The lowest BCUT2D eigenvalue weighted by Crippen LogP contribution is -2.09. The first-order valence-electron chi connectivity index (χ1n) is 17.4. The van der Waals surface area contributed by atoms with Crippen molar-refractivity contribution in [1.29, 1.82) is 0 Å². The SMILES string of the molecule is c1ccc(-c2ccc(N(c3ccc(-c4cc5c6ccccc6n6c7ccccc7c(c4)c56)cc3)c3ccc4c(c3)oc3ccccc34)cc2)cc1. The Kier molecular flexibility index (Phi) is 5.96. The molecule has 0 N–H and O–H groups in total. The van der Waals surface area contributed by atoms with Crippen LogP contribution in [0, 0.1) is 0 Å². The molecule has 8 aromatic carbocycles. The summed E-state index contributed by atoms with van der Waals surface area (Å²) in [7, 11) is 0. The molecule has 0 aliphatic carbocycles. The fraction of sp³-hybridized carbons (Fsp3) is 0. The van der Waals surface area contributed by atoms with Crippen molar-refractivity contribution in [2.75, 3.05) is 4.90 Å². The number of fused-ring (bicyclic) bond motifs is 9. The summed E-state index contributed by atoms with van der Waals surface area (Å²) in [5.41, 5.74) is 13.6. The van der Waals surface area contributed by atoms with Crippen molar-refractivity contribution >= 4 is 77.1 Å². The van der Waals surface area contributed by atoms with E-state index in [0.29, 0.717) is 0 Å². The van der Waals surface area contributed by atoms with E-state index in [2.05, 4.69) is 179 Å². The van der Waals surface area contributed by atoms with E-state index in [-0.39, 0.29) is 0 Å². The summed E-state index contributed by atoms with van der Waals surface area (Å²) in [6.07, 6.45) is 0. The lowest BCUT2D eigenvalue weighted by molar-refractivity contribution is 0.669. The minimum atomic E-state index is 0.877. The maximum absolute atomic E-state index is 6.35. The second kappa shape index (κ2) is 10.8. The van der Waals surface area contributed by atoms with E-state index in [1.54, 1.807) is 0 Å². The molecule has 11 rings (SSSR count). The van der Waals surface area contributed by atoms with Crippen LogP contribution in [-0.2, 0) is 0 Å². The minimum absolute atomic E-state index is 0.877. The first kappa shape index (κ1) is 28.0. The van der Waals surface area contributed by atoms with Gasteiger partial charge in [-0.2, -0.15) is 0 Å². The van der Waals surface area contributed by atoms with Gasteiger partial charge in [-0.05, 0) is 89.0 Å². The molecule has 238 valence electrons. The number of hydrogen-bond acceptors (Lipinski definition) is 2. The molecule has 51 heavy (non-hydrogen) atoms. The minimum Gasteiger partial charge on any atom is -0.456 e. The highest BCUT2D eigenvalue weighted by molar-refractivity contribution is 6.24. The van der Waals surface area contributed by atoms with Gasteiger partial charge < -0.3 is 13.7 Å². The Bertz CT molecular complexity index is 2980. The third-order valence-corrected chi connectivity index (χ3v) is 10.5. The molecular weight excluding hydrogens is 621 g/mol.